The van der Waals surface area contributed by atoms with Gasteiger partial charge < -0.3 is 25.2 Å². The molecule has 10 nitrogen and oxygen atoms in total. The first kappa shape index (κ1) is 30.5. The lowest BCUT2D eigenvalue weighted by Crippen LogP contribution is -2.34. The molecule has 0 spiro atoms. The van der Waals surface area contributed by atoms with Crippen LogP contribution < -0.4 is 10.6 Å². The highest BCUT2D eigenvalue weighted by Gasteiger charge is 2.32. The van der Waals surface area contributed by atoms with Crippen LogP contribution >= 0.6 is 11.8 Å². The van der Waals surface area contributed by atoms with Crippen LogP contribution in [0.4, 0.5) is 4.79 Å². The first-order valence-electron chi connectivity index (χ1n) is 14.8. The van der Waals surface area contributed by atoms with Crippen LogP contribution in [0, 0.1) is 0 Å². The standard InChI is InChI=1S/C34H34N6O4S/c41-22-26-13-15-27(16-14-26)31-19-30(23-45-34-37-38-39-40(34)29-9-5-2-6-10-29)43-32(44-31)28-17-11-25(12-18-28)21-36-33(42)35-20-24-7-3-1-4-8-24/h1-18,30-32,41H,19-23H2,(H2,35,36,42)/t30-,31+,32+/m0/s1. The summed E-state index contributed by atoms with van der Waals surface area (Å²) in [6.07, 6.45) is -0.295. The maximum Gasteiger partial charge on any atom is 0.315 e. The van der Waals surface area contributed by atoms with E-state index in [-0.39, 0.29) is 24.8 Å². The van der Waals surface area contributed by atoms with Gasteiger partial charge in [0.25, 0.3) is 0 Å². The molecule has 0 bridgehead atoms. The number of hydrogen-bond acceptors (Lipinski definition) is 8. The molecule has 230 valence electrons. The van der Waals surface area contributed by atoms with Gasteiger partial charge in [0.1, 0.15) is 0 Å². The molecule has 45 heavy (non-hydrogen) atoms. The number of aromatic nitrogens is 4. The largest absolute Gasteiger partial charge is 0.392 e. The highest BCUT2D eigenvalue weighted by atomic mass is 32.2. The average Bonchev–Trinajstić information content (AvgIpc) is 3.59. The van der Waals surface area contributed by atoms with Crippen molar-refractivity contribution in [3.8, 4) is 5.69 Å². The molecule has 0 aliphatic carbocycles. The van der Waals surface area contributed by atoms with Crippen LogP contribution in [0.5, 0.6) is 0 Å². The third kappa shape index (κ3) is 8.14. The van der Waals surface area contributed by atoms with Crippen molar-refractivity contribution in [1.82, 2.24) is 30.8 Å². The van der Waals surface area contributed by atoms with Crippen molar-refractivity contribution in [1.29, 1.82) is 0 Å². The Labute approximate surface area is 265 Å². The summed E-state index contributed by atoms with van der Waals surface area (Å²) in [4.78, 5) is 12.3. The van der Waals surface area contributed by atoms with Crippen LogP contribution in [0.15, 0.2) is 114 Å². The summed E-state index contributed by atoms with van der Waals surface area (Å²) in [6, 6.07) is 35.1. The Morgan fingerprint density at radius 3 is 2.11 bits per heavy atom. The number of urea groups is 1. The highest BCUT2D eigenvalue weighted by Crippen LogP contribution is 2.39. The van der Waals surface area contributed by atoms with Crippen LogP contribution in [-0.4, -0.2) is 43.2 Å². The molecule has 11 heteroatoms. The maximum atomic E-state index is 12.3. The topological polar surface area (TPSA) is 123 Å². The predicted molar refractivity (Wildman–Crippen MR) is 170 cm³/mol. The van der Waals surface area contributed by atoms with Gasteiger partial charge in [0.2, 0.25) is 5.16 Å². The van der Waals surface area contributed by atoms with Crippen LogP contribution in [0.25, 0.3) is 5.69 Å². The number of ether oxygens (including phenoxy) is 2. The Hall–Kier alpha value is -4.55. The number of nitrogens with zero attached hydrogens (tertiary/aromatic N) is 4. The fourth-order valence-corrected chi connectivity index (χ4v) is 5.91. The SMILES string of the molecule is O=C(NCc1ccccc1)NCc1ccc([C@@H]2O[C@H](CSc3nnnn3-c3ccccc3)C[C@H](c3ccc(CO)cc3)O2)cc1. The van der Waals surface area contributed by atoms with Crippen molar-refractivity contribution in [2.24, 2.45) is 0 Å². The molecule has 4 aromatic carbocycles. The van der Waals surface area contributed by atoms with Crippen LogP contribution in [0.1, 0.15) is 46.6 Å². The van der Waals surface area contributed by atoms with E-state index in [2.05, 4.69) is 26.2 Å². The van der Waals surface area contributed by atoms with Crippen LogP contribution in [-0.2, 0) is 29.2 Å². The number of hydrogen-bond donors (Lipinski definition) is 3. The summed E-state index contributed by atoms with van der Waals surface area (Å²) in [5, 5.41) is 28.3. The van der Waals surface area contributed by atoms with Gasteiger partial charge in [0.05, 0.1) is 24.5 Å². The molecule has 5 aromatic rings. The zero-order valence-electron chi connectivity index (χ0n) is 24.5. The number of rotatable bonds is 11. The Bertz CT molecular complexity index is 1650. The molecular formula is C34H34N6O4S. The van der Waals surface area contributed by atoms with E-state index in [4.69, 9.17) is 9.47 Å². The number of tetrazole rings is 1. The van der Waals surface area contributed by atoms with Crippen molar-refractivity contribution in [2.45, 2.75) is 49.8 Å². The van der Waals surface area contributed by atoms with Gasteiger partial charge in [0, 0.05) is 30.8 Å². The van der Waals surface area contributed by atoms with Gasteiger partial charge in [-0.1, -0.05) is 109 Å². The molecule has 0 saturated carbocycles. The van der Waals surface area contributed by atoms with Crippen LogP contribution in [0.3, 0.4) is 0 Å². The number of carbonyl (C=O) groups is 1. The number of thioether (sulfide) groups is 1. The molecule has 1 aromatic heterocycles. The number of aliphatic hydroxyl groups excluding tert-OH is 1. The third-order valence-corrected chi connectivity index (χ3v) is 8.51. The molecule has 2 heterocycles. The lowest BCUT2D eigenvalue weighted by atomic mass is 10.0. The van der Waals surface area contributed by atoms with Gasteiger partial charge in [-0.25, -0.2) is 4.79 Å². The number of para-hydroxylation sites is 1. The number of amides is 2. The molecule has 1 saturated heterocycles. The minimum Gasteiger partial charge on any atom is -0.392 e. The van der Waals surface area contributed by atoms with Gasteiger partial charge in [0.15, 0.2) is 6.29 Å². The maximum absolute atomic E-state index is 12.3. The average molecular weight is 623 g/mol. The summed E-state index contributed by atoms with van der Waals surface area (Å²) in [6.45, 7) is 0.845. The molecule has 1 aliphatic rings. The summed E-state index contributed by atoms with van der Waals surface area (Å²) in [5.74, 6) is 0.623. The molecule has 6 rings (SSSR count). The van der Waals surface area contributed by atoms with Gasteiger partial charge in [-0.15, -0.1) is 5.10 Å². The second-order valence-electron chi connectivity index (χ2n) is 10.6. The molecule has 1 aliphatic heterocycles. The minimum absolute atomic E-state index is 0.0111. The molecule has 3 atom stereocenters. The van der Waals surface area contributed by atoms with Crippen LogP contribution in [0.2, 0.25) is 0 Å². The van der Waals surface area contributed by atoms with Crippen molar-refractivity contribution < 1.29 is 19.4 Å². The quantitative estimate of drug-likeness (QED) is 0.165. The Balaban J connectivity index is 1.11. The van der Waals surface area contributed by atoms with Gasteiger partial charge in [-0.2, -0.15) is 4.68 Å². The van der Waals surface area contributed by atoms with Gasteiger partial charge >= 0.3 is 6.03 Å². The first-order valence-corrected chi connectivity index (χ1v) is 15.7. The number of nitrogens with one attached hydrogen (secondary N) is 2. The summed E-state index contributed by atoms with van der Waals surface area (Å²) in [7, 11) is 0. The van der Waals surface area contributed by atoms with E-state index in [0.717, 1.165) is 33.5 Å². The molecule has 1 fully saturated rings. The smallest absolute Gasteiger partial charge is 0.315 e. The van der Waals surface area contributed by atoms with Crippen molar-refractivity contribution >= 4 is 17.8 Å². The van der Waals surface area contributed by atoms with E-state index in [9.17, 15) is 9.90 Å². The second-order valence-corrected chi connectivity index (χ2v) is 11.6. The Kier molecular flexibility index (Phi) is 10.1. The van der Waals surface area contributed by atoms with Crippen molar-refractivity contribution in [3.63, 3.8) is 0 Å². The monoisotopic (exact) mass is 622 g/mol. The second kappa shape index (κ2) is 15.0. The summed E-state index contributed by atoms with van der Waals surface area (Å²) in [5.41, 5.74) is 5.64. The van der Waals surface area contributed by atoms with Crippen molar-refractivity contribution in [2.75, 3.05) is 5.75 Å². The third-order valence-electron chi connectivity index (χ3n) is 7.46. The molecular weight excluding hydrogens is 588 g/mol. The summed E-state index contributed by atoms with van der Waals surface area (Å²) >= 11 is 1.54. The van der Waals surface area contributed by atoms with E-state index in [1.165, 1.54) is 11.8 Å². The van der Waals surface area contributed by atoms with E-state index in [1.54, 1.807) is 4.68 Å². The summed E-state index contributed by atoms with van der Waals surface area (Å²) < 4.78 is 14.7. The Morgan fingerprint density at radius 1 is 0.800 bits per heavy atom. The van der Waals surface area contributed by atoms with E-state index in [1.807, 2.05) is 109 Å². The molecule has 2 amide bonds. The zero-order chi connectivity index (χ0) is 30.8. The number of aliphatic hydroxyl groups is 1. The number of benzene rings is 4. The first-order chi connectivity index (χ1) is 22.1. The lowest BCUT2D eigenvalue weighted by molar-refractivity contribution is -0.245. The van der Waals surface area contributed by atoms with E-state index >= 15 is 0 Å². The fraction of sp³-hybridized carbons (Fsp3) is 0.235. The van der Waals surface area contributed by atoms with Gasteiger partial charge in [-0.3, -0.25) is 0 Å². The zero-order valence-corrected chi connectivity index (χ0v) is 25.3. The number of carbonyl (C=O) groups excluding carboxylic acids is 1. The molecule has 0 radical (unpaired) electrons. The van der Waals surface area contributed by atoms with Crippen molar-refractivity contribution in [3.05, 3.63) is 137 Å². The lowest BCUT2D eigenvalue weighted by Gasteiger charge is -2.36. The predicted octanol–water partition coefficient (Wildman–Crippen LogP) is 5.49. The highest BCUT2D eigenvalue weighted by molar-refractivity contribution is 7.99. The molecule has 0 unspecified atom stereocenters. The fourth-order valence-electron chi connectivity index (χ4n) is 5.01. The normalized spacial score (nSPS) is 17.9. The minimum atomic E-state index is -0.590. The Morgan fingerprint density at radius 2 is 1.42 bits per heavy atom. The van der Waals surface area contributed by atoms with Gasteiger partial charge in [-0.05, 0) is 44.8 Å². The molecule has 3 N–H and O–H groups in total. The van der Waals surface area contributed by atoms with E-state index < -0.39 is 6.29 Å². The van der Waals surface area contributed by atoms with E-state index in [0.29, 0.717) is 30.4 Å².